The number of nitrogens with two attached hydrogens (primary N) is 1. The van der Waals surface area contributed by atoms with Gasteiger partial charge < -0.3 is 5.73 Å². The Hall–Kier alpha value is -1.02. The SMILES string of the molecule is Nc1cc(Cl)c(S(=O)(=O)Nc2cc(Br)ccc2F)c(Cl)c1. The molecule has 112 valence electrons. The minimum Gasteiger partial charge on any atom is -0.399 e. The Bertz CT molecular complexity index is 792. The quantitative estimate of drug-likeness (QED) is 0.737. The van der Waals surface area contributed by atoms with Crippen molar-refractivity contribution in [1.82, 2.24) is 0 Å². The van der Waals surface area contributed by atoms with E-state index in [9.17, 15) is 12.8 Å². The third-order valence-corrected chi connectivity index (χ3v) is 5.24. The number of anilines is 2. The van der Waals surface area contributed by atoms with Gasteiger partial charge in [-0.25, -0.2) is 12.8 Å². The van der Waals surface area contributed by atoms with Crippen molar-refractivity contribution < 1.29 is 12.8 Å². The van der Waals surface area contributed by atoms with E-state index < -0.39 is 15.8 Å². The molecule has 4 nitrogen and oxygen atoms in total. The second-order valence-corrected chi connectivity index (χ2v) is 7.39. The normalized spacial score (nSPS) is 11.4. The van der Waals surface area contributed by atoms with Crippen LogP contribution in [0.5, 0.6) is 0 Å². The third kappa shape index (κ3) is 3.60. The lowest BCUT2D eigenvalue weighted by molar-refractivity contribution is 0.598. The van der Waals surface area contributed by atoms with Crippen molar-refractivity contribution in [3.63, 3.8) is 0 Å². The lowest BCUT2D eigenvalue weighted by Crippen LogP contribution is -2.15. The Morgan fingerprint density at radius 1 is 1.14 bits per heavy atom. The molecule has 0 aliphatic rings. The Morgan fingerprint density at radius 3 is 2.29 bits per heavy atom. The fraction of sp³-hybridized carbons (Fsp3) is 0. The minimum atomic E-state index is -4.16. The molecule has 0 aliphatic heterocycles. The standard InChI is InChI=1S/C12H8BrCl2FN2O2S/c13-6-1-2-10(16)11(3-6)18-21(19,20)12-8(14)4-7(17)5-9(12)15/h1-5,18H,17H2. The molecule has 21 heavy (non-hydrogen) atoms. The molecular formula is C12H8BrCl2FN2O2S. The molecule has 0 amide bonds. The van der Waals surface area contributed by atoms with Crippen LogP contribution in [0.15, 0.2) is 39.7 Å². The number of benzene rings is 2. The molecule has 2 aromatic carbocycles. The van der Waals surface area contributed by atoms with E-state index in [4.69, 9.17) is 28.9 Å². The molecule has 2 aromatic rings. The summed E-state index contributed by atoms with van der Waals surface area (Å²) in [6, 6.07) is 6.34. The molecule has 0 aliphatic carbocycles. The minimum absolute atomic E-state index is 0.150. The Balaban J connectivity index is 2.51. The molecular weight excluding hydrogens is 406 g/mol. The first-order valence-electron chi connectivity index (χ1n) is 5.43. The monoisotopic (exact) mass is 412 g/mol. The van der Waals surface area contributed by atoms with Crippen LogP contribution >= 0.6 is 39.1 Å². The second kappa shape index (κ2) is 6.00. The van der Waals surface area contributed by atoms with Gasteiger partial charge in [0.15, 0.2) is 0 Å². The predicted molar refractivity (Wildman–Crippen MR) is 85.8 cm³/mol. The molecule has 0 saturated carbocycles. The van der Waals surface area contributed by atoms with Gasteiger partial charge in [0.2, 0.25) is 0 Å². The largest absolute Gasteiger partial charge is 0.399 e. The number of nitrogens with one attached hydrogen (secondary N) is 1. The van der Waals surface area contributed by atoms with Gasteiger partial charge in [0.05, 0.1) is 15.7 Å². The average molecular weight is 414 g/mol. The van der Waals surface area contributed by atoms with Gasteiger partial charge in [0.1, 0.15) is 10.7 Å². The molecule has 2 rings (SSSR count). The van der Waals surface area contributed by atoms with Crippen molar-refractivity contribution >= 4 is 60.5 Å². The summed E-state index contributed by atoms with van der Waals surface area (Å²) in [5, 5.41) is -0.300. The van der Waals surface area contributed by atoms with E-state index in [0.717, 1.165) is 6.07 Å². The van der Waals surface area contributed by atoms with E-state index in [1.54, 1.807) is 0 Å². The van der Waals surface area contributed by atoms with E-state index >= 15 is 0 Å². The van der Waals surface area contributed by atoms with Gasteiger partial charge in [-0.1, -0.05) is 39.1 Å². The van der Waals surface area contributed by atoms with Gasteiger partial charge in [-0.15, -0.1) is 0 Å². The van der Waals surface area contributed by atoms with Gasteiger partial charge in [0, 0.05) is 10.2 Å². The number of halogens is 4. The van der Waals surface area contributed by atoms with Crippen LogP contribution in [0.3, 0.4) is 0 Å². The molecule has 0 spiro atoms. The average Bonchev–Trinajstić information content (AvgIpc) is 2.31. The lowest BCUT2D eigenvalue weighted by Gasteiger charge is -2.12. The van der Waals surface area contributed by atoms with Crippen LogP contribution in [-0.2, 0) is 10.0 Å². The second-order valence-electron chi connectivity index (χ2n) is 4.04. The molecule has 0 heterocycles. The van der Waals surface area contributed by atoms with Gasteiger partial charge in [-0.2, -0.15) is 0 Å². The number of hydrogen-bond donors (Lipinski definition) is 2. The van der Waals surface area contributed by atoms with Gasteiger partial charge in [-0.05, 0) is 30.3 Å². The molecule has 0 radical (unpaired) electrons. The maximum Gasteiger partial charge on any atom is 0.264 e. The topological polar surface area (TPSA) is 72.2 Å². The third-order valence-electron chi connectivity index (χ3n) is 2.46. The fourth-order valence-electron chi connectivity index (χ4n) is 1.61. The van der Waals surface area contributed by atoms with E-state index in [-0.39, 0.29) is 26.3 Å². The van der Waals surface area contributed by atoms with Crippen molar-refractivity contribution in [3.05, 3.63) is 50.7 Å². The first-order chi connectivity index (χ1) is 9.70. The molecule has 0 saturated heterocycles. The summed E-state index contributed by atoms with van der Waals surface area (Å²) in [7, 11) is -4.16. The lowest BCUT2D eigenvalue weighted by atomic mass is 10.3. The summed E-state index contributed by atoms with van der Waals surface area (Å²) in [5.74, 6) is -0.732. The van der Waals surface area contributed by atoms with Crippen LogP contribution in [0.25, 0.3) is 0 Å². The summed E-state index contributed by atoms with van der Waals surface area (Å²) in [6.45, 7) is 0. The van der Waals surface area contributed by atoms with E-state index in [1.165, 1.54) is 24.3 Å². The Labute approximate surface area is 139 Å². The van der Waals surface area contributed by atoms with Crippen LogP contribution in [0, 0.1) is 5.82 Å². The highest BCUT2D eigenvalue weighted by Crippen LogP contribution is 2.33. The number of sulfonamides is 1. The van der Waals surface area contributed by atoms with E-state index in [0.29, 0.717) is 4.47 Å². The number of rotatable bonds is 3. The highest BCUT2D eigenvalue weighted by atomic mass is 79.9. The summed E-state index contributed by atoms with van der Waals surface area (Å²) in [5.41, 5.74) is 5.51. The van der Waals surface area contributed by atoms with Crippen molar-refractivity contribution in [2.24, 2.45) is 0 Å². The van der Waals surface area contributed by atoms with E-state index in [1.807, 2.05) is 0 Å². The Kier molecular flexibility index (Phi) is 4.67. The van der Waals surface area contributed by atoms with E-state index in [2.05, 4.69) is 20.7 Å². The first kappa shape index (κ1) is 16.4. The maximum atomic E-state index is 13.6. The van der Waals surface area contributed by atoms with Gasteiger partial charge in [0.25, 0.3) is 10.0 Å². The number of hydrogen-bond acceptors (Lipinski definition) is 3. The molecule has 0 aromatic heterocycles. The zero-order valence-corrected chi connectivity index (χ0v) is 14.1. The summed E-state index contributed by atoms with van der Waals surface area (Å²) in [6.07, 6.45) is 0. The maximum absolute atomic E-state index is 13.6. The molecule has 3 N–H and O–H groups in total. The smallest absolute Gasteiger partial charge is 0.264 e. The molecule has 0 unspecified atom stereocenters. The van der Waals surface area contributed by atoms with Crippen LogP contribution in [0.2, 0.25) is 10.0 Å². The van der Waals surface area contributed by atoms with Crippen molar-refractivity contribution in [3.8, 4) is 0 Å². The zero-order chi connectivity index (χ0) is 15.8. The van der Waals surface area contributed by atoms with Crippen molar-refractivity contribution in [2.45, 2.75) is 4.90 Å². The molecule has 9 heteroatoms. The van der Waals surface area contributed by atoms with Crippen molar-refractivity contribution in [1.29, 1.82) is 0 Å². The van der Waals surface area contributed by atoms with Gasteiger partial charge >= 0.3 is 0 Å². The summed E-state index contributed by atoms with van der Waals surface area (Å²) in [4.78, 5) is -0.362. The molecule has 0 atom stereocenters. The molecule has 0 fully saturated rings. The Morgan fingerprint density at radius 2 is 1.71 bits per heavy atom. The summed E-state index contributed by atoms with van der Waals surface area (Å²) < 4.78 is 40.9. The number of nitrogen functional groups attached to an aromatic ring is 1. The van der Waals surface area contributed by atoms with Crippen LogP contribution in [0.1, 0.15) is 0 Å². The fourth-order valence-corrected chi connectivity index (χ4v) is 4.26. The zero-order valence-electron chi connectivity index (χ0n) is 10.2. The van der Waals surface area contributed by atoms with Crippen LogP contribution < -0.4 is 10.5 Å². The summed E-state index contributed by atoms with van der Waals surface area (Å²) >= 11 is 14.9. The van der Waals surface area contributed by atoms with Crippen molar-refractivity contribution in [2.75, 3.05) is 10.5 Å². The predicted octanol–water partition coefficient (Wildman–Crippen LogP) is 4.28. The highest BCUT2D eigenvalue weighted by Gasteiger charge is 2.23. The first-order valence-corrected chi connectivity index (χ1v) is 8.46. The van der Waals surface area contributed by atoms with Crippen LogP contribution in [-0.4, -0.2) is 8.42 Å². The highest BCUT2D eigenvalue weighted by molar-refractivity contribution is 9.10. The van der Waals surface area contributed by atoms with Gasteiger partial charge in [-0.3, -0.25) is 4.72 Å². The van der Waals surface area contributed by atoms with Crippen LogP contribution in [0.4, 0.5) is 15.8 Å². The molecule has 0 bridgehead atoms.